The van der Waals surface area contributed by atoms with E-state index in [1.54, 1.807) is 29.7 Å². The van der Waals surface area contributed by atoms with Crippen LogP contribution < -0.4 is 15.6 Å². The molecule has 3 aromatic carbocycles. The van der Waals surface area contributed by atoms with Crippen LogP contribution in [0.4, 0.5) is 5.69 Å². The maximum atomic E-state index is 13.3. The summed E-state index contributed by atoms with van der Waals surface area (Å²) in [6.07, 6.45) is 1.53. The van der Waals surface area contributed by atoms with Gasteiger partial charge in [0, 0.05) is 5.02 Å². The summed E-state index contributed by atoms with van der Waals surface area (Å²) in [4.78, 5) is 31.9. The van der Waals surface area contributed by atoms with Crippen molar-refractivity contribution in [3.8, 4) is 11.5 Å². The Bertz CT molecular complexity index is 1580. The van der Waals surface area contributed by atoms with Crippen molar-refractivity contribution in [1.82, 2.24) is 9.55 Å². The topological polar surface area (TPSA) is 73.2 Å². The van der Waals surface area contributed by atoms with Crippen molar-refractivity contribution in [3.05, 3.63) is 117 Å². The van der Waals surface area contributed by atoms with Gasteiger partial charge in [-0.05, 0) is 48.4 Å². The molecule has 1 amide bonds. The van der Waals surface area contributed by atoms with E-state index in [2.05, 4.69) is 10.3 Å². The van der Waals surface area contributed by atoms with Gasteiger partial charge in [0.2, 0.25) is 0 Å². The molecule has 2 heterocycles. The summed E-state index contributed by atoms with van der Waals surface area (Å²) in [6.45, 7) is 2.17. The highest BCUT2D eigenvalue weighted by atomic mass is 35.5. The highest BCUT2D eigenvalue weighted by Crippen LogP contribution is 2.34. The van der Waals surface area contributed by atoms with Crippen molar-refractivity contribution < 1.29 is 9.53 Å². The lowest BCUT2D eigenvalue weighted by molar-refractivity contribution is 0.102. The molecular weight excluding hydrogens is 482 g/mol. The number of fused-ring (bicyclic) bond motifs is 1. The second-order valence-electron chi connectivity index (χ2n) is 7.91. The highest BCUT2D eigenvalue weighted by Gasteiger charge is 2.21. The lowest BCUT2D eigenvalue weighted by Gasteiger charge is -2.12. The molecule has 0 aliphatic carbocycles. The Morgan fingerprint density at radius 3 is 2.51 bits per heavy atom. The van der Waals surface area contributed by atoms with Gasteiger partial charge >= 0.3 is 0 Å². The van der Waals surface area contributed by atoms with E-state index in [4.69, 9.17) is 16.3 Å². The van der Waals surface area contributed by atoms with Crippen LogP contribution in [0.1, 0.15) is 20.8 Å². The predicted molar refractivity (Wildman–Crippen MR) is 140 cm³/mol. The molecule has 35 heavy (non-hydrogen) atoms. The number of anilines is 1. The first-order chi connectivity index (χ1) is 17.0. The minimum Gasteiger partial charge on any atom is -0.455 e. The molecule has 1 N–H and O–H groups in total. The van der Waals surface area contributed by atoms with Gasteiger partial charge < -0.3 is 10.1 Å². The normalized spacial score (nSPS) is 10.9. The molecule has 5 aromatic rings. The summed E-state index contributed by atoms with van der Waals surface area (Å²) in [6, 6.07) is 24.0. The smallest absolute Gasteiger partial charge is 0.266 e. The number of rotatable bonds is 6. The van der Waals surface area contributed by atoms with Crippen LogP contribution in [-0.4, -0.2) is 15.5 Å². The van der Waals surface area contributed by atoms with Crippen LogP contribution in [0.5, 0.6) is 11.5 Å². The monoisotopic (exact) mass is 501 g/mol. The summed E-state index contributed by atoms with van der Waals surface area (Å²) in [7, 11) is 0. The molecule has 0 unspecified atom stereocenters. The fourth-order valence-electron chi connectivity index (χ4n) is 3.75. The standard InChI is InChI=1S/C27H20ClN3O3S/c1-17-23-26(29-16-31(27(23)33)15-18-8-4-2-5-9-18)35-24(17)25(32)30-21-14-19(28)12-13-22(21)34-20-10-6-3-7-11-20/h2-14,16H,15H2,1H3,(H,30,32). The third kappa shape index (κ3) is 4.82. The van der Waals surface area contributed by atoms with Gasteiger partial charge in [-0.2, -0.15) is 0 Å². The van der Waals surface area contributed by atoms with E-state index in [-0.39, 0.29) is 11.5 Å². The minimum atomic E-state index is -0.361. The maximum Gasteiger partial charge on any atom is 0.266 e. The minimum absolute atomic E-state index is 0.178. The zero-order chi connectivity index (χ0) is 24.4. The van der Waals surface area contributed by atoms with Gasteiger partial charge in [-0.15, -0.1) is 11.3 Å². The largest absolute Gasteiger partial charge is 0.455 e. The first kappa shape index (κ1) is 22.8. The van der Waals surface area contributed by atoms with Crippen LogP contribution in [-0.2, 0) is 6.54 Å². The number of nitrogens with one attached hydrogen (secondary N) is 1. The van der Waals surface area contributed by atoms with Crippen LogP contribution in [0.3, 0.4) is 0 Å². The van der Waals surface area contributed by atoms with Crippen LogP contribution in [0.25, 0.3) is 10.2 Å². The number of ether oxygens (including phenoxy) is 1. The van der Waals surface area contributed by atoms with Crippen molar-refractivity contribution >= 4 is 44.7 Å². The van der Waals surface area contributed by atoms with Gasteiger partial charge in [0.05, 0.1) is 28.8 Å². The van der Waals surface area contributed by atoms with Gasteiger partial charge in [0.1, 0.15) is 10.6 Å². The molecule has 2 aromatic heterocycles. The highest BCUT2D eigenvalue weighted by molar-refractivity contribution is 7.20. The van der Waals surface area contributed by atoms with Crippen molar-refractivity contribution in [2.45, 2.75) is 13.5 Å². The fraction of sp³-hybridized carbons (Fsp3) is 0.0741. The fourth-order valence-corrected chi connectivity index (χ4v) is 4.96. The Morgan fingerprint density at radius 1 is 1.06 bits per heavy atom. The summed E-state index contributed by atoms with van der Waals surface area (Å²) >= 11 is 7.38. The number of amides is 1. The molecule has 6 nitrogen and oxygen atoms in total. The molecule has 0 atom stereocenters. The zero-order valence-corrected chi connectivity index (χ0v) is 20.3. The summed E-state index contributed by atoms with van der Waals surface area (Å²) in [5, 5.41) is 3.80. The van der Waals surface area contributed by atoms with Crippen LogP contribution in [0.2, 0.25) is 5.02 Å². The van der Waals surface area contributed by atoms with Gasteiger partial charge in [0.25, 0.3) is 11.5 Å². The molecule has 0 radical (unpaired) electrons. The molecule has 0 aliphatic rings. The van der Waals surface area contributed by atoms with E-state index >= 15 is 0 Å². The predicted octanol–water partition coefficient (Wildman–Crippen LogP) is 6.51. The third-order valence-electron chi connectivity index (χ3n) is 5.48. The molecule has 0 spiro atoms. The van der Waals surface area contributed by atoms with Crippen molar-refractivity contribution in [3.63, 3.8) is 0 Å². The number of benzene rings is 3. The molecule has 0 fully saturated rings. The number of carbonyl (C=O) groups is 1. The van der Waals surface area contributed by atoms with E-state index in [0.29, 0.717) is 49.4 Å². The molecule has 0 saturated heterocycles. The quantitative estimate of drug-likeness (QED) is 0.288. The molecule has 174 valence electrons. The van der Waals surface area contributed by atoms with Gasteiger partial charge in [-0.3, -0.25) is 14.2 Å². The molecule has 0 bridgehead atoms. The van der Waals surface area contributed by atoms with Crippen molar-refractivity contribution in [1.29, 1.82) is 0 Å². The summed E-state index contributed by atoms with van der Waals surface area (Å²) < 4.78 is 7.50. The van der Waals surface area contributed by atoms with Gasteiger partial charge in [-0.1, -0.05) is 60.1 Å². The average molecular weight is 502 g/mol. The zero-order valence-electron chi connectivity index (χ0n) is 18.7. The summed E-state index contributed by atoms with van der Waals surface area (Å²) in [5.41, 5.74) is 1.84. The number of para-hydroxylation sites is 1. The van der Waals surface area contributed by atoms with Crippen molar-refractivity contribution in [2.75, 3.05) is 5.32 Å². The van der Waals surface area contributed by atoms with E-state index in [0.717, 1.165) is 5.56 Å². The summed E-state index contributed by atoms with van der Waals surface area (Å²) in [5.74, 6) is 0.724. The Balaban J connectivity index is 1.46. The lowest BCUT2D eigenvalue weighted by atomic mass is 10.2. The first-order valence-electron chi connectivity index (χ1n) is 10.9. The molecule has 0 aliphatic heterocycles. The number of hydrogen-bond acceptors (Lipinski definition) is 5. The molecule has 5 rings (SSSR count). The number of nitrogens with zero attached hydrogens (tertiary/aromatic N) is 2. The van der Waals surface area contributed by atoms with Crippen molar-refractivity contribution in [2.24, 2.45) is 0 Å². The Labute approximate surface area is 210 Å². The number of carbonyl (C=O) groups excluding carboxylic acids is 1. The number of thiophene rings is 1. The molecular formula is C27H20ClN3O3S. The molecule has 0 saturated carbocycles. The third-order valence-corrected chi connectivity index (χ3v) is 6.91. The van der Waals surface area contributed by atoms with Crippen LogP contribution >= 0.6 is 22.9 Å². The van der Waals surface area contributed by atoms with E-state index in [1.165, 1.54) is 17.7 Å². The van der Waals surface area contributed by atoms with Crippen LogP contribution in [0.15, 0.2) is 90.0 Å². The Kier molecular flexibility index (Phi) is 6.35. The van der Waals surface area contributed by atoms with Crippen LogP contribution in [0, 0.1) is 6.92 Å². The Hall–Kier alpha value is -3.94. The van der Waals surface area contributed by atoms with Gasteiger partial charge in [0.15, 0.2) is 5.75 Å². The van der Waals surface area contributed by atoms with E-state index in [1.807, 2.05) is 60.7 Å². The molecule has 8 heteroatoms. The van der Waals surface area contributed by atoms with E-state index < -0.39 is 0 Å². The lowest BCUT2D eigenvalue weighted by Crippen LogP contribution is -2.21. The number of aromatic nitrogens is 2. The maximum absolute atomic E-state index is 13.3. The average Bonchev–Trinajstić information content (AvgIpc) is 3.21. The number of aryl methyl sites for hydroxylation is 1. The number of hydrogen-bond donors (Lipinski definition) is 1. The Morgan fingerprint density at radius 2 is 1.77 bits per heavy atom. The van der Waals surface area contributed by atoms with Gasteiger partial charge in [-0.25, -0.2) is 4.98 Å². The second kappa shape index (κ2) is 9.74. The SMILES string of the molecule is Cc1c(C(=O)Nc2cc(Cl)ccc2Oc2ccccc2)sc2ncn(Cc3ccccc3)c(=O)c12. The number of halogens is 1. The van der Waals surface area contributed by atoms with E-state index in [9.17, 15) is 9.59 Å². The first-order valence-corrected chi connectivity index (χ1v) is 12.1. The second-order valence-corrected chi connectivity index (χ2v) is 9.34.